The number of nitrogens with zero attached hydrogens (tertiary/aromatic N) is 6. The third-order valence-electron chi connectivity index (χ3n) is 4.67. The van der Waals surface area contributed by atoms with Crippen LogP contribution in [0.3, 0.4) is 0 Å². The van der Waals surface area contributed by atoms with Gasteiger partial charge < -0.3 is 19.9 Å². The fraction of sp³-hybridized carbons (Fsp3) is 0.364. The molecule has 0 spiro atoms. The first-order chi connectivity index (χ1) is 19.7. The largest absolute Gasteiger partial charge is 0.490 e. The van der Waals surface area contributed by atoms with Crippen LogP contribution >= 0.6 is 0 Å². The van der Waals surface area contributed by atoms with Crippen LogP contribution in [0.2, 0.25) is 0 Å². The molecule has 43 heavy (non-hydrogen) atoms. The number of aliphatic carboxylic acids is 3. The maximum Gasteiger partial charge on any atom is 0.490 e. The minimum Gasteiger partial charge on any atom is -0.475 e. The minimum absolute atomic E-state index is 0.732. The van der Waals surface area contributed by atoms with Gasteiger partial charge in [-0.15, -0.1) is 0 Å². The van der Waals surface area contributed by atoms with Crippen LogP contribution in [0.5, 0.6) is 0 Å². The normalized spacial score (nSPS) is 13.1. The molecule has 3 aromatic rings. The van der Waals surface area contributed by atoms with Crippen LogP contribution in [0.4, 0.5) is 39.5 Å². The Balaban J connectivity index is 0.000000363. The van der Waals surface area contributed by atoms with Gasteiger partial charge in [-0.2, -0.15) is 44.6 Å². The summed E-state index contributed by atoms with van der Waals surface area (Å²) in [6.45, 7) is 4.57. The summed E-state index contributed by atoms with van der Waals surface area (Å²) in [5.74, 6) is -7.13. The first kappa shape index (κ1) is 36.3. The number of hydrogen-bond donors (Lipinski definition) is 3. The molecule has 12 nitrogen and oxygen atoms in total. The first-order valence-corrected chi connectivity index (χ1v) is 11.2. The number of carboxylic acid groups (broad SMARTS) is 3. The van der Waals surface area contributed by atoms with Crippen molar-refractivity contribution in [3.63, 3.8) is 0 Å². The van der Waals surface area contributed by atoms with E-state index < -0.39 is 36.4 Å². The van der Waals surface area contributed by atoms with Gasteiger partial charge in [-0.1, -0.05) is 6.07 Å². The Hall–Kier alpha value is -4.69. The summed E-state index contributed by atoms with van der Waals surface area (Å²) in [5, 5.41) is 25.6. The van der Waals surface area contributed by atoms with Crippen molar-refractivity contribution < 1.29 is 69.2 Å². The Morgan fingerprint density at radius 3 is 1.74 bits per heavy atom. The van der Waals surface area contributed by atoms with E-state index in [0.29, 0.717) is 0 Å². The van der Waals surface area contributed by atoms with E-state index in [2.05, 4.69) is 31.8 Å². The molecule has 21 heteroatoms. The monoisotopic (exact) mass is 636 g/mol. The highest BCUT2D eigenvalue weighted by atomic mass is 19.4. The molecular formula is C22H21F9N6O6. The van der Waals surface area contributed by atoms with Gasteiger partial charge in [-0.3, -0.25) is 14.6 Å². The zero-order chi connectivity index (χ0) is 33.0. The lowest BCUT2D eigenvalue weighted by Crippen LogP contribution is -2.33. The Morgan fingerprint density at radius 1 is 0.791 bits per heavy atom. The summed E-state index contributed by atoms with van der Waals surface area (Å²) in [6.07, 6.45) is -5.59. The summed E-state index contributed by atoms with van der Waals surface area (Å²) < 4.78 is 99.4. The fourth-order valence-corrected chi connectivity index (χ4v) is 2.88. The number of fused-ring (bicyclic) bond motifs is 1. The molecular weight excluding hydrogens is 615 g/mol. The van der Waals surface area contributed by atoms with E-state index >= 15 is 0 Å². The van der Waals surface area contributed by atoms with Crippen molar-refractivity contribution in [2.24, 2.45) is 0 Å². The molecule has 1 aliphatic heterocycles. The Kier molecular flexibility index (Phi) is 13.1. The number of hydrogen-bond acceptors (Lipinski definition) is 7. The molecule has 0 atom stereocenters. The lowest BCUT2D eigenvalue weighted by atomic mass is 10.2. The topological polar surface area (TPSA) is 164 Å². The van der Waals surface area contributed by atoms with Crippen molar-refractivity contribution >= 4 is 17.9 Å². The van der Waals surface area contributed by atoms with Crippen LogP contribution in [0.15, 0.2) is 49.2 Å². The maximum absolute atomic E-state index is 10.6. The second-order valence-corrected chi connectivity index (χ2v) is 8.03. The van der Waals surface area contributed by atoms with Gasteiger partial charge in [0.15, 0.2) is 0 Å². The zero-order valence-electron chi connectivity index (χ0n) is 21.3. The molecule has 0 unspecified atom stereocenters. The van der Waals surface area contributed by atoms with E-state index in [1.54, 1.807) is 6.20 Å². The van der Waals surface area contributed by atoms with Gasteiger partial charge in [-0.05, 0) is 17.7 Å². The molecule has 3 N–H and O–H groups in total. The number of pyridine rings is 1. The maximum atomic E-state index is 10.6. The van der Waals surface area contributed by atoms with Crippen molar-refractivity contribution in [3.05, 3.63) is 66.3 Å². The molecule has 0 bridgehead atoms. The van der Waals surface area contributed by atoms with Crippen LogP contribution in [0.1, 0.15) is 17.1 Å². The van der Waals surface area contributed by atoms with Gasteiger partial charge in [0.1, 0.15) is 5.82 Å². The summed E-state index contributed by atoms with van der Waals surface area (Å²) in [4.78, 5) is 38.0. The Morgan fingerprint density at radius 2 is 1.33 bits per heavy atom. The second kappa shape index (κ2) is 15.5. The SMILES string of the molecule is O=C(O)C(F)(F)F.O=C(O)C(F)(F)F.O=C(O)C(F)(F)F.c1cncc(CN2CCn3cc(Cn4cccn4)nc3C2)c1. The zero-order valence-corrected chi connectivity index (χ0v) is 21.3. The minimum atomic E-state index is -5.08. The average molecular weight is 636 g/mol. The lowest BCUT2D eigenvalue weighted by Gasteiger charge is -2.27. The number of halogens is 9. The molecule has 0 radical (unpaired) electrons. The number of alkyl halides is 9. The highest BCUT2D eigenvalue weighted by Gasteiger charge is 2.39. The van der Waals surface area contributed by atoms with E-state index in [0.717, 1.165) is 44.2 Å². The van der Waals surface area contributed by atoms with E-state index in [-0.39, 0.29) is 0 Å². The average Bonchev–Trinajstić information content (AvgIpc) is 3.53. The van der Waals surface area contributed by atoms with Crippen LogP contribution < -0.4 is 0 Å². The Bertz CT molecular complexity index is 1250. The fourth-order valence-electron chi connectivity index (χ4n) is 2.88. The molecule has 0 amide bonds. The molecule has 0 fully saturated rings. The summed E-state index contributed by atoms with van der Waals surface area (Å²) in [5.41, 5.74) is 2.32. The van der Waals surface area contributed by atoms with Gasteiger partial charge in [-0.25, -0.2) is 19.4 Å². The predicted molar refractivity (Wildman–Crippen MR) is 123 cm³/mol. The number of imidazole rings is 1. The van der Waals surface area contributed by atoms with Gasteiger partial charge >= 0.3 is 36.4 Å². The van der Waals surface area contributed by atoms with Gasteiger partial charge in [0.25, 0.3) is 0 Å². The standard InChI is InChI=1S/C16H18N6.3C2HF3O2/c1-3-14(9-17-4-1)10-20-7-8-21-11-15(19-16(21)13-20)12-22-6-2-5-18-22;3*3-2(4,5)1(6)7/h1-6,9,11H,7-8,10,12-13H2;3*(H,6,7). The van der Waals surface area contributed by atoms with Gasteiger partial charge in [0.05, 0.1) is 18.8 Å². The van der Waals surface area contributed by atoms with Crippen LogP contribution in [-0.2, 0) is 40.6 Å². The highest BCUT2D eigenvalue weighted by molar-refractivity contribution is 5.73. The first-order valence-electron chi connectivity index (χ1n) is 11.2. The van der Waals surface area contributed by atoms with Crippen molar-refractivity contribution in [3.8, 4) is 0 Å². The van der Waals surface area contributed by atoms with Crippen molar-refractivity contribution in [2.75, 3.05) is 6.54 Å². The number of aromatic nitrogens is 5. The highest BCUT2D eigenvalue weighted by Crippen LogP contribution is 2.16. The number of rotatable bonds is 4. The lowest BCUT2D eigenvalue weighted by molar-refractivity contribution is -0.193. The Labute approximate surface area is 234 Å². The summed E-state index contributed by atoms with van der Waals surface area (Å²) in [6, 6.07) is 6.05. The predicted octanol–water partition coefficient (Wildman–Crippen LogP) is 3.44. The molecule has 238 valence electrons. The summed E-state index contributed by atoms with van der Waals surface area (Å²) >= 11 is 0. The molecule has 4 rings (SSSR count). The van der Waals surface area contributed by atoms with Crippen LogP contribution in [-0.4, -0.2) is 87.5 Å². The number of carboxylic acids is 3. The van der Waals surface area contributed by atoms with E-state index in [9.17, 15) is 39.5 Å². The van der Waals surface area contributed by atoms with Crippen LogP contribution in [0, 0.1) is 0 Å². The third kappa shape index (κ3) is 14.2. The molecule has 0 saturated carbocycles. The van der Waals surface area contributed by atoms with Crippen molar-refractivity contribution in [1.82, 2.24) is 29.2 Å². The van der Waals surface area contributed by atoms with Gasteiger partial charge in [0, 0.05) is 50.6 Å². The molecule has 4 heterocycles. The van der Waals surface area contributed by atoms with Crippen molar-refractivity contribution in [2.45, 2.75) is 44.7 Å². The number of carbonyl (C=O) groups is 3. The molecule has 1 aliphatic rings. The van der Waals surface area contributed by atoms with Crippen LogP contribution in [0.25, 0.3) is 0 Å². The third-order valence-corrected chi connectivity index (χ3v) is 4.67. The second-order valence-electron chi connectivity index (χ2n) is 8.03. The van der Waals surface area contributed by atoms with Crippen molar-refractivity contribution in [1.29, 1.82) is 0 Å². The molecule has 0 aromatic carbocycles. The molecule has 3 aromatic heterocycles. The summed E-state index contributed by atoms with van der Waals surface area (Å²) in [7, 11) is 0. The molecule has 0 aliphatic carbocycles. The molecule has 0 saturated heterocycles. The smallest absolute Gasteiger partial charge is 0.475 e. The van der Waals surface area contributed by atoms with Gasteiger partial charge in [0.2, 0.25) is 0 Å². The van der Waals surface area contributed by atoms with E-state index in [4.69, 9.17) is 34.7 Å². The quantitative estimate of drug-likeness (QED) is 0.362. The van der Waals surface area contributed by atoms with E-state index in [1.165, 1.54) is 5.56 Å². The van der Waals surface area contributed by atoms with E-state index in [1.807, 2.05) is 35.4 Å².